The first-order chi connectivity index (χ1) is 7.51. The first kappa shape index (κ1) is 14.6. The molecule has 16 heavy (non-hydrogen) atoms. The van der Waals surface area contributed by atoms with Crippen molar-refractivity contribution in [3.63, 3.8) is 0 Å². The highest BCUT2D eigenvalue weighted by atomic mass is 28.3. The zero-order valence-corrected chi connectivity index (χ0v) is 10.5. The molecule has 0 radical (unpaired) electrons. The van der Waals surface area contributed by atoms with Crippen LogP contribution in [-0.4, -0.2) is 8.80 Å². The van der Waals surface area contributed by atoms with Gasteiger partial charge in [-0.1, -0.05) is 25.2 Å². The second-order valence-electron chi connectivity index (χ2n) is 3.77. The number of halogens is 2. The normalized spacial score (nSPS) is 9.31. The number of aryl methyl sites for hydroxylation is 1. The Morgan fingerprint density at radius 1 is 1.38 bits per heavy atom. The number of hydrogen-bond acceptors (Lipinski definition) is 1. The first-order valence-corrected chi connectivity index (χ1v) is 8.08. The maximum atomic E-state index is 13.1. The van der Waals surface area contributed by atoms with E-state index in [-0.39, 0.29) is 0 Å². The lowest BCUT2D eigenvalue weighted by molar-refractivity contribution is 0.573. The monoisotopic (exact) mass is 243 g/mol. The Labute approximate surface area is 95.1 Å². The van der Waals surface area contributed by atoms with Gasteiger partial charge < -0.3 is 0 Å². The largest absolute Gasteiger partial charge is 0.207 e. The van der Waals surface area contributed by atoms with E-state index in [0.29, 0.717) is 5.56 Å². The van der Waals surface area contributed by atoms with Crippen molar-refractivity contribution in [3.05, 3.63) is 45.8 Å². The predicted molar refractivity (Wildman–Crippen MR) is 63.2 cm³/mol. The molecule has 1 N–H and O–H groups in total. The number of nitrogens with one attached hydrogen (secondary N) is 1. The van der Waals surface area contributed by atoms with Crippen molar-refractivity contribution >= 4 is 8.80 Å². The van der Waals surface area contributed by atoms with Crippen molar-refractivity contribution in [2.45, 2.75) is 25.6 Å². The van der Waals surface area contributed by atoms with Crippen molar-refractivity contribution in [1.29, 1.82) is 5.53 Å². The maximum Gasteiger partial charge on any atom is 0.129 e. The summed E-state index contributed by atoms with van der Waals surface area (Å²) < 4.78 is 25.6. The molecular formula is C10H15F2N3Si. The maximum absolute atomic E-state index is 13.1. The highest BCUT2D eigenvalue weighted by molar-refractivity contribution is 6.55. The van der Waals surface area contributed by atoms with E-state index < -0.39 is 20.4 Å². The molecule has 1 aromatic rings. The van der Waals surface area contributed by atoms with Crippen LogP contribution in [0.25, 0.3) is 10.4 Å². The molecular weight excluding hydrogens is 228 g/mol. The molecule has 0 fully saturated rings. The van der Waals surface area contributed by atoms with Crippen LogP contribution in [0.5, 0.6) is 0 Å². The molecule has 1 aromatic carbocycles. The van der Waals surface area contributed by atoms with Crippen molar-refractivity contribution in [2.75, 3.05) is 0 Å². The quantitative estimate of drug-likeness (QED) is 0.362. The van der Waals surface area contributed by atoms with Gasteiger partial charge in [0.1, 0.15) is 11.6 Å². The minimum absolute atomic E-state index is 0.408. The molecule has 0 aromatic heterocycles. The van der Waals surface area contributed by atoms with Gasteiger partial charge in [-0.05, 0) is 28.5 Å². The lowest BCUT2D eigenvalue weighted by atomic mass is 10.1. The molecule has 0 heterocycles. The summed E-state index contributed by atoms with van der Waals surface area (Å²) in [5.74, 6) is -0.905. The Hall–Kier alpha value is -1.39. The summed E-state index contributed by atoms with van der Waals surface area (Å²) in [5.41, 5.74) is 12.9. The van der Waals surface area contributed by atoms with Crippen LogP contribution < -0.4 is 0 Å². The molecule has 0 unspecified atom stereocenters. The van der Waals surface area contributed by atoms with Gasteiger partial charge in [-0.25, -0.2) is 8.78 Å². The molecule has 0 aliphatic carbocycles. The molecule has 0 bridgehead atoms. The smallest absolute Gasteiger partial charge is 0.129 e. The fourth-order valence-corrected chi connectivity index (χ4v) is 2.06. The minimum Gasteiger partial charge on any atom is -0.207 e. The number of rotatable bonds is 3. The van der Waals surface area contributed by atoms with Crippen LogP contribution in [0, 0.1) is 17.2 Å². The van der Waals surface area contributed by atoms with Crippen LogP contribution in [0.15, 0.2) is 18.2 Å². The van der Waals surface area contributed by atoms with Gasteiger partial charge in [0.2, 0.25) is 0 Å². The van der Waals surface area contributed by atoms with Crippen molar-refractivity contribution in [2.24, 2.45) is 0 Å². The van der Waals surface area contributed by atoms with E-state index in [9.17, 15) is 8.78 Å². The molecule has 0 spiro atoms. The Balaban J connectivity index is 0.000000673. The Bertz CT molecular complexity index is 363. The van der Waals surface area contributed by atoms with Crippen molar-refractivity contribution in [1.82, 2.24) is 0 Å². The van der Waals surface area contributed by atoms with Gasteiger partial charge in [0.15, 0.2) is 0 Å². The summed E-state index contributed by atoms with van der Waals surface area (Å²) >= 11 is 0. The third kappa shape index (κ3) is 6.16. The Morgan fingerprint density at radius 2 is 1.94 bits per heavy atom. The molecule has 0 saturated carbocycles. The molecule has 6 heteroatoms. The second-order valence-corrected chi connectivity index (χ2v) is 7.13. The second kappa shape index (κ2) is 7.84. The first-order valence-electron chi connectivity index (χ1n) is 4.96. The molecule has 0 amide bonds. The summed E-state index contributed by atoms with van der Waals surface area (Å²) in [6.45, 7) is 4.45. The van der Waals surface area contributed by atoms with Crippen LogP contribution in [0.4, 0.5) is 8.78 Å². The summed E-state index contributed by atoms with van der Waals surface area (Å²) in [5, 5.41) is 0. The number of benzene rings is 1. The predicted octanol–water partition coefficient (Wildman–Crippen LogP) is 3.87. The van der Waals surface area contributed by atoms with Gasteiger partial charge in [0.25, 0.3) is 0 Å². The lowest BCUT2D eigenvalue weighted by Crippen LogP contribution is -2.02. The van der Waals surface area contributed by atoms with Crippen LogP contribution in [-0.2, 0) is 6.42 Å². The van der Waals surface area contributed by atoms with E-state index in [1.54, 1.807) is 11.0 Å². The SMILES string of the molecule is C[SiH](C)CCc1ccc(F)cc1F.[N-]=[N+]=N. The van der Waals surface area contributed by atoms with Crippen molar-refractivity contribution < 1.29 is 8.78 Å². The average Bonchev–Trinajstić information content (AvgIpc) is 2.17. The van der Waals surface area contributed by atoms with Crippen LogP contribution in [0.2, 0.25) is 19.1 Å². The molecule has 0 aliphatic heterocycles. The highest BCUT2D eigenvalue weighted by Gasteiger charge is 2.04. The molecule has 1 rings (SSSR count). The summed E-state index contributed by atoms with van der Waals surface area (Å²) in [4.78, 5) is 1.75. The van der Waals surface area contributed by atoms with Crippen LogP contribution >= 0.6 is 0 Å². The van der Waals surface area contributed by atoms with Gasteiger partial charge in [-0.3, -0.25) is 0 Å². The van der Waals surface area contributed by atoms with Gasteiger partial charge >= 0.3 is 0 Å². The zero-order chi connectivity index (χ0) is 12.6. The molecule has 88 valence electrons. The third-order valence-corrected chi connectivity index (χ3v) is 3.45. The van der Waals surface area contributed by atoms with Gasteiger partial charge in [-0.2, -0.15) is 0 Å². The van der Waals surface area contributed by atoms with Crippen molar-refractivity contribution in [3.8, 4) is 0 Å². The van der Waals surface area contributed by atoms with E-state index in [2.05, 4.69) is 13.1 Å². The fourth-order valence-electron chi connectivity index (χ4n) is 1.17. The third-order valence-electron chi connectivity index (χ3n) is 2.01. The van der Waals surface area contributed by atoms with Crippen LogP contribution in [0.3, 0.4) is 0 Å². The molecule has 0 atom stereocenters. The topological polar surface area (TPSA) is 60.3 Å². The van der Waals surface area contributed by atoms with E-state index in [1.165, 1.54) is 6.07 Å². The summed E-state index contributed by atoms with van der Waals surface area (Å²) in [6.07, 6.45) is 0.746. The number of hydrogen-bond donors (Lipinski definition) is 1. The van der Waals surface area contributed by atoms with E-state index >= 15 is 0 Å². The average molecular weight is 243 g/mol. The Morgan fingerprint density at radius 3 is 2.38 bits per heavy atom. The molecule has 0 aliphatic rings. The molecule has 0 saturated heterocycles. The fraction of sp³-hybridized carbons (Fsp3) is 0.400. The van der Waals surface area contributed by atoms with E-state index in [0.717, 1.165) is 18.5 Å². The lowest BCUT2D eigenvalue weighted by Gasteiger charge is -2.04. The number of nitrogens with zero attached hydrogens (tertiary/aromatic N) is 2. The van der Waals surface area contributed by atoms with Gasteiger partial charge in [0, 0.05) is 14.9 Å². The van der Waals surface area contributed by atoms with Gasteiger partial charge in [0.05, 0.1) is 0 Å². The standard InChI is InChI=1S/C10H14F2Si.HN3/c1-13(2)6-5-8-3-4-9(11)7-10(8)12;1-3-2/h3-4,7,13H,5-6H2,1-2H3;1H. The van der Waals surface area contributed by atoms with Gasteiger partial charge in [-0.15, -0.1) is 5.53 Å². The summed E-state index contributed by atoms with van der Waals surface area (Å²) in [6, 6.07) is 4.89. The summed E-state index contributed by atoms with van der Waals surface area (Å²) in [7, 11) is -0.634. The van der Waals surface area contributed by atoms with E-state index in [4.69, 9.17) is 11.1 Å². The highest BCUT2D eigenvalue weighted by Crippen LogP contribution is 2.12. The Kier molecular flexibility index (Phi) is 7.16. The zero-order valence-electron chi connectivity index (χ0n) is 9.37. The molecule has 3 nitrogen and oxygen atoms in total. The van der Waals surface area contributed by atoms with E-state index in [1.807, 2.05) is 0 Å². The minimum atomic E-state index is -0.634. The van der Waals surface area contributed by atoms with Crippen LogP contribution in [0.1, 0.15) is 5.56 Å².